The first-order valence-corrected chi connectivity index (χ1v) is 9.14. The molecule has 1 aliphatic rings. The van der Waals surface area contributed by atoms with E-state index in [0.29, 0.717) is 11.8 Å². The zero-order valence-electron chi connectivity index (χ0n) is 15.2. The Morgan fingerprint density at radius 3 is 2.89 bits per heavy atom. The molecule has 2 atom stereocenters. The maximum atomic E-state index is 6.22. The van der Waals surface area contributed by atoms with Crippen molar-refractivity contribution in [3.05, 3.63) is 42.4 Å². The van der Waals surface area contributed by atoms with Crippen molar-refractivity contribution >= 4 is 17.5 Å². The van der Waals surface area contributed by atoms with Gasteiger partial charge in [0.2, 0.25) is 5.95 Å². The van der Waals surface area contributed by atoms with E-state index in [-0.39, 0.29) is 12.1 Å². The van der Waals surface area contributed by atoms with Crippen LogP contribution in [-0.2, 0) is 0 Å². The molecule has 9 nitrogen and oxygen atoms in total. The summed E-state index contributed by atoms with van der Waals surface area (Å²) in [5.41, 5.74) is 9.01. The molecule has 2 aromatic heterocycles. The quantitative estimate of drug-likeness (QED) is 0.629. The van der Waals surface area contributed by atoms with E-state index in [4.69, 9.17) is 5.73 Å². The highest BCUT2D eigenvalue weighted by atomic mass is 15.6. The standard InChI is InChI=1S/C18H23N9/c1-12-8-13(10-14(9-12)27-22-11-21-26-27)23-17-6-7-20-18(25-17)24-16-5-3-2-4-15(16)19/h6-11,15-16H,2-5,19H2,1H3,(H2,20,23,24,25)/t15-,16+/m0/s1. The van der Waals surface area contributed by atoms with E-state index in [2.05, 4.69) is 36.0 Å². The van der Waals surface area contributed by atoms with E-state index < -0.39 is 0 Å². The van der Waals surface area contributed by atoms with Crippen molar-refractivity contribution < 1.29 is 0 Å². The Morgan fingerprint density at radius 2 is 2.07 bits per heavy atom. The molecule has 0 bridgehead atoms. The van der Waals surface area contributed by atoms with Gasteiger partial charge in [0.25, 0.3) is 0 Å². The van der Waals surface area contributed by atoms with Gasteiger partial charge >= 0.3 is 0 Å². The summed E-state index contributed by atoms with van der Waals surface area (Å²) in [4.78, 5) is 10.4. The maximum absolute atomic E-state index is 6.22. The summed E-state index contributed by atoms with van der Waals surface area (Å²) in [6.45, 7) is 2.02. The summed E-state index contributed by atoms with van der Waals surface area (Å²) in [5, 5.41) is 18.5. The van der Waals surface area contributed by atoms with E-state index in [1.807, 2.05) is 31.2 Å². The highest BCUT2D eigenvalue weighted by Crippen LogP contribution is 2.22. The van der Waals surface area contributed by atoms with Gasteiger partial charge in [-0.2, -0.15) is 4.98 Å². The third-order valence-electron chi connectivity index (χ3n) is 4.70. The normalized spacial score (nSPS) is 19.6. The minimum Gasteiger partial charge on any atom is -0.350 e. The van der Waals surface area contributed by atoms with Crippen molar-refractivity contribution in [2.75, 3.05) is 10.6 Å². The van der Waals surface area contributed by atoms with Crippen molar-refractivity contribution in [2.45, 2.75) is 44.7 Å². The van der Waals surface area contributed by atoms with Crippen LogP contribution in [0.4, 0.5) is 17.5 Å². The minimum absolute atomic E-state index is 0.147. The van der Waals surface area contributed by atoms with E-state index in [1.54, 1.807) is 6.20 Å². The van der Waals surface area contributed by atoms with Crippen LogP contribution in [0.1, 0.15) is 31.2 Å². The van der Waals surface area contributed by atoms with Gasteiger partial charge in [-0.15, -0.1) is 15.0 Å². The number of rotatable bonds is 5. The van der Waals surface area contributed by atoms with Gasteiger partial charge in [-0.05, 0) is 54.8 Å². The van der Waals surface area contributed by atoms with Crippen LogP contribution in [0.3, 0.4) is 0 Å². The summed E-state index contributed by atoms with van der Waals surface area (Å²) >= 11 is 0. The first-order chi connectivity index (χ1) is 13.2. The molecule has 0 aliphatic heterocycles. The predicted octanol–water partition coefficient (Wildman–Crippen LogP) is 2.19. The lowest BCUT2D eigenvalue weighted by Gasteiger charge is -2.29. The zero-order chi connectivity index (χ0) is 18.6. The number of nitrogens with one attached hydrogen (secondary N) is 2. The van der Waals surface area contributed by atoms with Gasteiger partial charge in [0.15, 0.2) is 6.33 Å². The van der Waals surface area contributed by atoms with E-state index in [1.165, 1.54) is 24.0 Å². The monoisotopic (exact) mass is 365 g/mol. The number of aryl methyl sites for hydroxylation is 1. The Labute approximate surface area is 157 Å². The maximum Gasteiger partial charge on any atom is 0.224 e. The largest absolute Gasteiger partial charge is 0.350 e. The highest BCUT2D eigenvalue weighted by Gasteiger charge is 2.22. The average Bonchev–Trinajstić information content (AvgIpc) is 3.18. The second-order valence-corrected chi connectivity index (χ2v) is 6.87. The molecule has 1 aromatic carbocycles. The summed E-state index contributed by atoms with van der Waals surface area (Å²) in [6, 6.07) is 8.17. The molecule has 27 heavy (non-hydrogen) atoms. The molecule has 140 valence electrons. The SMILES string of the molecule is Cc1cc(Nc2ccnc(N[C@@H]3CCCC[C@@H]3N)n2)cc(-n2ncnn2)c1. The van der Waals surface area contributed by atoms with Crippen LogP contribution in [-0.4, -0.2) is 42.3 Å². The number of hydrogen-bond acceptors (Lipinski definition) is 8. The number of anilines is 3. The highest BCUT2D eigenvalue weighted by molar-refractivity contribution is 5.61. The molecule has 4 N–H and O–H groups in total. The van der Waals surface area contributed by atoms with Crippen molar-refractivity contribution in [3.8, 4) is 5.69 Å². The third kappa shape index (κ3) is 4.20. The van der Waals surface area contributed by atoms with E-state index in [9.17, 15) is 0 Å². The fourth-order valence-corrected chi connectivity index (χ4v) is 3.39. The summed E-state index contributed by atoms with van der Waals surface area (Å²) in [5.74, 6) is 1.30. The van der Waals surface area contributed by atoms with Gasteiger partial charge in [-0.3, -0.25) is 0 Å². The number of nitrogens with two attached hydrogens (primary N) is 1. The summed E-state index contributed by atoms with van der Waals surface area (Å²) in [7, 11) is 0. The Morgan fingerprint density at radius 1 is 1.19 bits per heavy atom. The molecule has 3 aromatic rings. The van der Waals surface area contributed by atoms with Crippen LogP contribution in [0.2, 0.25) is 0 Å². The fraction of sp³-hybridized carbons (Fsp3) is 0.389. The lowest BCUT2D eigenvalue weighted by molar-refractivity contribution is 0.402. The van der Waals surface area contributed by atoms with Crippen molar-refractivity contribution in [3.63, 3.8) is 0 Å². The molecule has 0 spiro atoms. The third-order valence-corrected chi connectivity index (χ3v) is 4.70. The van der Waals surface area contributed by atoms with Gasteiger partial charge in [0, 0.05) is 24.0 Å². The van der Waals surface area contributed by atoms with Crippen molar-refractivity contribution in [1.82, 2.24) is 30.2 Å². The molecule has 4 rings (SSSR count). The number of benzene rings is 1. The Balaban J connectivity index is 1.51. The predicted molar refractivity (Wildman–Crippen MR) is 103 cm³/mol. The van der Waals surface area contributed by atoms with Gasteiger partial charge in [-0.1, -0.05) is 12.8 Å². The fourth-order valence-electron chi connectivity index (χ4n) is 3.39. The molecule has 0 amide bonds. The lowest BCUT2D eigenvalue weighted by atomic mass is 9.91. The van der Waals surface area contributed by atoms with E-state index in [0.717, 1.165) is 29.8 Å². The molecular weight excluding hydrogens is 342 g/mol. The Bertz CT molecular complexity index is 894. The van der Waals surface area contributed by atoms with Crippen molar-refractivity contribution in [1.29, 1.82) is 0 Å². The van der Waals surface area contributed by atoms with Crippen LogP contribution in [0, 0.1) is 6.92 Å². The second kappa shape index (κ2) is 7.67. The average molecular weight is 365 g/mol. The minimum atomic E-state index is 0.147. The molecule has 1 saturated carbocycles. The van der Waals surface area contributed by atoms with Gasteiger partial charge < -0.3 is 16.4 Å². The summed E-state index contributed by atoms with van der Waals surface area (Å²) < 4.78 is 0. The van der Waals surface area contributed by atoms with Crippen LogP contribution in [0.15, 0.2) is 36.8 Å². The topological polar surface area (TPSA) is 119 Å². The first-order valence-electron chi connectivity index (χ1n) is 9.14. The zero-order valence-corrected chi connectivity index (χ0v) is 15.2. The van der Waals surface area contributed by atoms with E-state index >= 15 is 0 Å². The molecule has 0 unspecified atom stereocenters. The van der Waals surface area contributed by atoms with Gasteiger partial charge in [0.1, 0.15) is 5.82 Å². The molecule has 1 aliphatic carbocycles. The van der Waals surface area contributed by atoms with Crippen LogP contribution >= 0.6 is 0 Å². The van der Waals surface area contributed by atoms with Crippen LogP contribution < -0.4 is 16.4 Å². The number of hydrogen-bond donors (Lipinski definition) is 3. The first kappa shape index (κ1) is 17.3. The molecule has 2 heterocycles. The van der Waals surface area contributed by atoms with Gasteiger partial charge in [0.05, 0.1) is 5.69 Å². The number of aromatic nitrogens is 6. The summed E-state index contributed by atoms with van der Waals surface area (Å²) in [6.07, 6.45) is 7.62. The smallest absolute Gasteiger partial charge is 0.224 e. The number of tetrazole rings is 1. The molecule has 0 saturated heterocycles. The van der Waals surface area contributed by atoms with Crippen molar-refractivity contribution in [2.24, 2.45) is 5.73 Å². The lowest BCUT2D eigenvalue weighted by Crippen LogP contribution is -2.42. The second-order valence-electron chi connectivity index (χ2n) is 6.87. The molecule has 9 heteroatoms. The van der Waals surface area contributed by atoms with Gasteiger partial charge in [-0.25, -0.2) is 4.98 Å². The van der Waals surface area contributed by atoms with Crippen LogP contribution in [0.5, 0.6) is 0 Å². The molecule has 0 radical (unpaired) electrons. The molecular formula is C18H23N9. The number of nitrogens with zero attached hydrogens (tertiary/aromatic N) is 6. The Kier molecular flexibility index (Phi) is 4.93. The Hall–Kier alpha value is -3.07. The molecule has 1 fully saturated rings. The van der Waals surface area contributed by atoms with Crippen LogP contribution in [0.25, 0.3) is 5.69 Å².